The molecule has 0 aliphatic rings. The molecule has 7 heteroatoms. The molecule has 1 aromatic carbocycles. The van der Waals surface area contributed by atoms with Crippen LogP contribution < -0.4 is 10.5 Å². The fourth-order valence-electron chi connectivity index (χ4n) is 1.72. The highest BCUT2D eigenvalue weighted by atomic mass is 32.2. The van der Waals surface area contributed by atoms with Gasteiger partial charge in [0.1, 0.15) is 11.6 Å². The second-order valence-corrected chi connectivity index (χ2v) is 5.58. The summed E-state index contributed by atoms with van der Waals surface area (Å²) >= 11 is 1.55. The fraction of sp³-hybridized carbons (Fsp3) is 0.333. The molecule has 4 N–H and O–H groups in total. The molecule has 19 heavy (non-hydrogen) atoms. The van der Waals surface area contributed by atoms with Crippen LogP contribution in [-0.4, -0.2) is 33.4 Å². The van der Waals surface area contributed by atoms with Crippen molar-refractivity contribution in [2.24, 2.45) is 10.9 Å². The lowest BCUT2D eigenvalue weighted by Gasteiger charge is -2.06. The van der Waals surface area contributed by atoms with E-state index in [1.165, 1.54) is 0 Å². The summed E-state index contributed by atoms with van der Waals surface area (Å²) in [6, 6.07) is 5.68. The van der Waals surface area contributed by atoms with Crippen LogP contribution in [0.4, 0.5) is 0 Å². The van der Waals surface area contributed by atoms with E-state index >= 15 is 0 Å². The first-order valence-corrected chi connectivity index (χ1v) is 6.67. The maximum atomic E-state index is 8.54. The molecule has 1 atom stereocenters. The molecular formula is C12H16N4O2S. The zero-order valence-corrected chi connectivity index (χ0v) is 11.6. The number of oxime groups is 1. The third-order valence-corrected chi connectivity index (χ3v) is 3.59. The average molecular weight is 280 g/mol. The van der Waals surface area contributed by atoms with Crippen LogP contribution in [0.2, 0.25) is 0 Å². The van der Waals surface area contributed by atoms with E-state index in [-0.39, 0.29) is 11.1 Å². The highest BCUT2D eigenvalue weighted by Gasteiger charge is 2.11. The third-order valence-electron chi connectivity index (χ3n) is 2.61. The van der Waals surface area contributed by atoms with Gasteiger partial charge in [-0.3, -0.25) is 0 Å². The monoisotopic (exact) mass is 280 g/mol. The molecule has 0 fully saturated rings. The Bertz CT molecular complexity index is 596. The molecule has 2 rings (SSSR count). The van der Waals surface area contributed by atoms with Crippen molar-refractivity contribution in [1.29, 1.82) is 0 Å². The summed E-state index contributed by atoms with van der Waals surface area (Å²) in [5, 5.41) is 12.5. The van der Waals surface area contributed by atoms with Gasteiger partial charge in [0, 0.05) is 17.7 Å². The van der Waals surface area contributed by atoms with Crippen LogP contribution in [0.3, 0.4) is 0 Å². The minimum atomic E-state index is 0.165. The maximum absolute atomic E-state index is 8.54. The number of nitrogens with two attached hydrogens (primary N) is 1. The predicted molar refractivity (Wildman–Crippen MR) is 76.0 cm³/mol. The van der Waals surface area contributed by atoms with E-state index < -0.39 is 0 Å². The number of hydrogen-bond acceptors (Lipinski definition) is 5. The van der Waals surface area contributed by atoms with Crippen molar-refractivity contribution in [2.75, 3.05) is 7.11 Å². The topological polar surface area (TPSA) is 96.5 Å². The first-order chi connectivity index (χ1) is 9.12. The van der Waals surface area contributed by atoms with Gasteiger partial charge in [0.05, 0.1) is 18.1 Å². The number of imidazole rings is 1. The van der Waals surface area contributed by atoms with Gasteiger partial charge in [-0.2, -0.15) is 0 Å². The quantitative estimate of drug-likeness (QED) is 0.256. The molecule has 0 amide bonds. The number of amidine groups is 1. The lowest BCUT2D eigenvalue weighted by molar-refractivity contribution is 0.317. The van der Waals surface area contributed by atoms with Gasteiger partial charge in [0.2, 0.25) is 0 Å². The van der Waals surface area contributed by atoms with Crippen molar-refractivity contribution in [2.45, 2.75) is 23.8 Å². The van der Waals surface area contributed by atoms with Gasteiger partial charge in [-0.25, -0.2) is 4.98 Å². The molecule has 0 bridgehead atoms. The first kappa shape index (κ1) is 13.5. The Morgan fingerprint density at radius 3 is 3.11 bits per heavy atom. The minimum Gasteiger partial charge on any atom is -0.497 e. The van der Waals surface area contributed by atoms with Crippen molar-refractivity contribution in [3.05, 3.63) is 18.2 Å². The number of benzene rings is 1. The SMILES string of the molecule is COc1ccc2nc(SC(C)CC(N)=NO)[nH]c2c1. The number of aromatic amines is 1. The van der Waals surface area contributed by atoms with Crippen LogP contribution in [0.5, 0.6) is 5.75 Å². The number of nitrogens with one attached hydrogen (secondary N) is 1. The number of nitrogens with zero attached hydrogens (tertiary/aromatic N) is 2. The van der Waals surface area contributed by atoms with Gasteiger partial charge >= 0.3 is 0 Å². The molecule has 1 heterocycles. The normalized spacial score (nSPS) is 13.7. The van der Waals surface area contributed by atoms with Crippen LogP contribution in [0, 0.1) is 0 Å². The predicted octanol–water partition coefficient (Wildman–Crippen LogP) is 2.19. The molecule has 102 valence electrons. The smallest absolute Gasteiger partial charge is 0.166 e. The number of methoxy groups -OCH3 is 1. The Kier molecular flexibility index (Phi) is 4.16. The van der Waals surface area contributed by atoms with E-state index in [0.717, 1.165) is 21.9 Å². The molecule has 1 aromatic heterocycles. The first-order valence-electron chi connectivity index (χ1n) is 5.79. The van der Waals surface area contributed by atoms with E-state index in [2.05, 4.69) is 15.1 Å². The zero-order chi connectivity index (χ0) is 13.8. The van der Waals surface area contributed by atoms with Crippen molar-refractivity contribution < 1.29 is 9.94 Å². The Morgan fingerprint density at radius 2 is 2.42 bits per heavy atom. The van der Waals surface area contributed by atoms with Crippen molar-refractivity contribution in [1.82, 2.24) is 9.97 Å². The second kappa shape index (κ2) is 5.83. The fourth-order valence-corrected chi connectivity index (χ4v) is 2.67. The summed E-state index contributed by atoms with van der Waals surface area (Å²) in [4.78, 5) is 7.69. The van der Waals surface area contributed by atoms with E-state index in [1.54, 1.807) is 18.9 Å². The van der Waals surface area contributed by atoms with E-state index in [1.807, 2.05) is 25.1 Å². The summed E-state index contributed by atoms with van der Waals surface area (Å²) in [6.07, 6.45) is 0.502. The molecule has 0 aliphatic carbocycles. The van der Waals surface area contributed by atoms with E-state index in [4.69, 9.17) is 15.7 Å². The maximum Gasteiger partial charge on any atom is 0.166 e. The van der Waals surface area contributed by atoms with Crippen LogP contribution in [0.1, 0.15) is 13.3 Å². The van der Waals surface area contributed by atoms with E-state index in [9.17, 15) is 0 Å². The molecule has 6 nitrogen and oxygen atoms in total. The summed E-state index contributed by atoms with van der Waals surface area (Å²) in [7, 11) is 1.63. The van der Waals surface area contributed by atoms with Gasteiger partial charge in [0.25, 0.3) is 0 Å². The minimum absolute atomic E-state index is 0.165. The van der Waals surface area contributed by atoms with Gasteiger partial charge in [-0.15, -0.1) is 0 Å². The highest BCUT2D eigenvalue weighted by molar-refractivity contribution is 7.99. The van der Waals surface area contributed by atoms with E-state index in [0.29, 0.717) is 6.42 Å². The second-order valence-electron chi connectivity index (χ2n) is 4.15. The molecule has 1 unspecified atom stereocenters. The van der Waals surface area contributed by atoms with Gasteiger partial charge in [0.15, 0.2) is 5.16 Å². The number of thioether (sulfide) groups is 1. The lowest BCUT2D eigenvalue weighted by atomic mass is 10.3. The van der Waals surface area contributed by atoms with Gasteiger partial charge in [-0.1, -0.05) is 23.8 Å². The molecule has 0 spiro atoms. The lowest BCUT2D eigenvalue weighted by Crippen LogP contribution is -2.16. The van der Waals surface area contributed by atoms with Crippen LogP contribution in [0.25, 0.3) is 11.0 Å². The highest BCUT2D eigenvalue weighted by Crippen LogP contribution is 2.26. The average Bonchev–Trinajstić information content (AvgIpc) is 2.78. The van der Waals surface area contributed by atoms with Gasteiger partial charge in [-0.05, 0) is 12.1 Å². The molecule has 0 aliphatic heterocycles. The Morgan fingerprint density at radius 1 is 1.63 bits per heavy atom. The summed E-state index contributed by atoms with van der Waals surface area (Å²) < 4.78 is 5.17. The van der Waals surface area contributed by atoms with Gasteiger partial charge < -0.3 is 20.7 Å². The largest absolute Gasteiger partial charge is 0.497 e. The van der Waals surface area contributed by atoms with Crippen molar-refractivity contribution >= 4 is 28.6 Å². The Balaban J connectivity index is 2.13. The van der Waals surface area contributed by atoms with Crippen LogP contribution >= 0.6 is 11.8 Å². The molecular weight excluding hydrogens is 264 g/mol. The number of fused-ring (bicyclic) bond motifs is 1. The number of ether oxygens (including phenoxy) is 1. The third kappa shape index (κ3) is 3.31. The van der Waals surface area contributed by atoms with Crippen LogP contribution in [-0.2, 0) is 0 Å². The molecule has 0 radical (unpaired) electrons. The number of H-pyrrole nitrogens is 1. The van der Waals surface area contributed by atoms with Crippen molar-refractivity contribution in [3.8, 4) is 5.75 Å². The van der Waals surface area contributed by atoms with Crippen molar-refractivity contribution in [3.63, 3.8) is 0 Å². The Labute approximate surface area is 115 Å². The summed E-state index contributed by atoms with van der Waals surface area (Å²) in [5.74, 6) is 1.01. The summed E-state index contributed by atoms with van der Waals surface area (Å²) in [6.45, 7) is 2.00. The standard InChI is InChI=1S/C12H16N4O2S/c1-7(5-11(13)16-17)19-12-14-9-4-3-8(18-2)6-10(9)15-12/h3-4,6-7,17H,5H2,1-2H3,(H2,13,16)(H,14,15). The van der Waals surface area contributed by atoms with Crippen LogP contribution in [0.15, 0.2) is 28.5 Å². The zero-order valence-electron chi connectivity index (χ0n) is 10.8. The molecule has 2 aromatic rings. The summed E-state index contributed by atoms with van der Waals surface area (Å²) in [5.41, 5.74) is 7.30. The number of aromatic nitrogens is 2. The number of hydrogen-bond donors (Lipinski definition) is 3. The number of rotatable bonds is 5. The molecule has 0 saturated carbocycles. The Hall–Kier alpha value is -1.89. The molecule has 0 saturated heterocycles.